The molecule has 0 atom stereocenters. The van der Waals surface area contributed by atoms with Crippen LogP contribution in [0, 0.1) is 5.92 Å². The first kappa shape index (κ1) is 13.9. The Morgan fingerprint density at radius 1 is 1.39 bits per heavy atom. The lowest BCUT2D eigenvalue weighted by Crippen LogP contribution is -2.33. The molecule has 1 aromatic carbocycles. The van der Waals surface area contributed by atoms with E-state index in [2.05, 4.69) is 58.2 Å². The van der Waals surface area contributed by atoms with Crippen molar-refractivity contribution in [3.63, 3.8) is 0 Å². The SMILES string of the molecule is CNCc1cc(Br)ccc1N(CC1CC1)C(C)C. The second-order valence-corrected chi connectivity index (χ2v) is 6.41. The molecule has 2 nitrogen and oxygen atoms in total. The number of nitrogens with zero attached hydrogens (tertiary/aromatic N) is 1. The van der Waals surface area contributed by atoms with Gasteiger partial charge >= 0.3 is 0 Å². The van der Waals surface area contributed by atoms with Crippen LogP contribution in [0.5, 0.6) is 0 Å². The maximum Gasteiger partial charge on any atom is 0.0415 e. The average Bonchev–Trinajstić information content (AvgIpc) is 3.11. The summed E-state index contributed by atoms with van der Waals surface area (Å²) in [6.45, 7) is 6.69. The van der Waals surface area contributed by atoms with Crippen molar-refractivity contribution in [2.75, 3.05) is 18.5 Å². The summed E-state index contributed by atoms with van der Waals surface area (Å²) in [5.74, 6) is 0.915. The zero-order valence-electron chi connectivity index (χ0n) is 11.5. The van der Waals surface area contributed by atoms with Gasteiger partial charge in [-0.05, 0) is 63.4 Å². The fraction of sp³-hybridized carbons (Fsp3) is 0.600. The van der Waals surface area contributed by atoms with Crippen molar-refractivity contribution < 1.29 is 0 Å². The van der Waals surface area contributed by atoms with Gasteiger partial charge in [0.1, 0.15) is 0 Å². The molecule has 0 aromatic heterocycles. The molecule has 0 unspecified atom stereocenters. The second kappa shape index (κ2) is 6.07. The van der Waals surface area contributed by atoms with Crippen LogP contribution in [0.3, 0.4) is 0 Å². The summed E-state index contributed by atoms with van der Waals surface area (Å²) in [6, 6.07) is 7.19. The minimum atomic E-state index is 0.558. The molecule has 0 saturated heterocycles. The van der Waals surface area contributed by atoms with Crippen LogP contribution in [0.15, 0.2) is 22.7 Å². The Morgan fingerprint density at radius 2 is 2.11 bits per heavy atom. The van der Waals surface area contributed by atoms with E-state index in [1.165, 1.54) is 30.6 Å². The molecule has 1 aliphatic rings. The van der Waals surface area contributed by atoms with Crippen LogP contribution in [0.4, 0.5) is 5.69 Å². The molecule has 1 saturated carbocycles. The lowest BCUT2D eigenvalue weighted by Gasteiger charge is -2.31. The molecule has 0 bridgehead atoms. The normalized spacial score (nSPS) is 15.2. The highest BCUT2D eigenvalue weighted by molar-refractivity contribution is 9.10. The smallest absolute Gasteiger partial charge is 0.0415 e. The van der Waals surface area contributed by atoms with Crippen molar-refractivity contribution in [3.8, 4) is 0 Å². The van der Waals surface area contributed by atoms with E-state index in [1.54, 1.807) is 0 Å². The fourth-order valence-electron chi connectivity index (χ4n) is 2.33. The van der Waals surface area contributed by atoms with Gasteiger partial charge in [-0.25, -0.2) is 0 Å². The lowest BCUT2D eigenvalue weighted by molar-refractivity contribution is 0.639. The van der Waals surface area contributed by atoms with E-state index >= 15 is 0 Å². The predicted octanol–water partition coefficient (Wildman–Crippen LogP) is 3.79. The van der Waals surface area contributed by atoms with Gasteiger partial charge in [0.2, 0.25) is 0 Å². The quantitative estimate of drug-likeness (QED) is 0.860. The molecule has 1 aliphatic carbocycles. The summed E-state index contributed by atoms with van der Waals surface area (Å²) < 4.78 is 1.16. The Morgan fingerprint density at radius 3 is 2.67 bits per heavy atom. The topological polar surface area (TPSA) is 15.3 Å². The van der Waals surface area contributed by atoms with Crippen molar-refractivity contribution in [1.82, 2.24) is 5.32 Å². The van der Waals surface area contributed by atoms with Crippen LogP contribution in [0.1, 0.15) is 32.3 Å². The highest BCUT2D eigenvalue weighted by Gasteiger charge is 2.26. The highest BCUT2D eigenvalue weighted by atomic mass is 79.9. The molecule has 0 radical (unpaired) electrons. The molecule has 0 spiro atoms. The summed E-state index contributed by atoms with van der Waals surface area (Å²) in [6.07, 6.45) is 2.81. The molecule has 18 heavy (non-hydrogen) atoms. The Bertz CT molecular complexity index is 399. The van der Waals surface area contributed by atoms with Crippen LogP contribution in [0.2, 0.25) is 0 Å². The zero-order valence-corrected chi connectivity index (χ0v) is 13.1. The number of hydrogen-bond donors (Lipinski definition) is 1. The number of halogens is 1. The molecular formula is C15H23BrN2. The maximum absolute atomic E-state index is 3.57. The van der Waals surface area contributed by atoms with Gasteiger partial charge in [-0.3, -0.25) is 0 Å². The van der Waals surface area contributed by atoms with E-state index in [1.807, 2.05) is 7.05 Å². The van der Waals surface area contributed by atoms with Crippen molar-refractivity contribution in [2.24, 2.45) is 5.92 Å². The number of rotatable bonds is 6. The molecule has 1 aromatic rings. The lowest BCUT2D eigenvalue weighted by atomic mass is 10.1. The molecular weight excluding hydrogens is 288 g/mol. The Balaban J connectivity index is 2.26. The molecule has 0 amide bonds. The van der Waals surface area contributed by atoms with E-state index in [0.29, 0.717) is 6.04 Å². The van der Waals surface area contributed by atoms with Crippen molar-refractivity contribution >= 4 is 21.6 Å². The van der Waals surface area contributed by atoms with Crippen LogP contribution in [0.25, 0.3) is 0 Å². The largest absolute Gasteiger partial charge is 0.369 e. The molecule has 0 heterocycles. The standard InChI is InChI=1S/C15H23BrN2/c1-11(2)18(10-12-4-5-12)15-7-6-14(16)8-13(15)9-17-3/h6-8,11-12,17H,4-5,9-10H2,1-3H3. The third-order valence-corrected chi connectivity index (χ3v) is 3.99. The minimum Gasteiger partial charge on any atom is -0.369 e. The van der Waals surface area contributed by atoms with Gasteiger partial charge < -0.3 is 10.2 Å². The third kappa shape index (κ3) is 3.48. The number of hydrogen-bond acceptors (Lipinski definition) is 2. The zero-order chi connectivity index (χ0) is 13.1. The van der Waals surface area contributed by atoms with E-state index in [0.717, 1.165) is 16.9 Å². The molecule has 0 aliphatic heterocycles. The predicted molar refractivity (Wildman–Crippen MR) is 82.1 cm³/mol. The molecule has 2 rings (SSSR count). The average molecular weight is 311 g/mol. The van der Waals surface area contributed by atoms with Gasteiger partial charge in [0.05, 0.1) is 0 Å². The first-order valence-electron chi connectivity index (χ1n) is 6.81. The number of nitrogens with one attached hydrogen (secondary N) is 1. The first-order valence-corrected chi connectivity index (χ1v) is 7.60. The van der Waals surface area contributed by atoms with Gasteiger partial charge in [-0.1, -0.05) is 15.9 Å². The summed E-state index contributed by atoms with van der Waals surface area (Å²) in [5.41, 5.74) is 2.76. The molecule has 1 fully saturated rings. The first-order chi connectivity index (χ1) is 8.61. The number of anilines is 1. The summed E-state index contributed by atoms with van der Waals surface area (Å²) in [7, 11) is 2.01. The van der Waals surface area contributed by atoms with Crippen molar-refractivity contribution in [3.05, 3.63) is 28.2 Å². The Hall–Kier alpha value is -0.540. The van der Waals surface area contributed by atoms with Gasteiger partial charge in [-0.15, -0.1) is 0 Å². The monoisotopic (exact) mass is 310 g/mol. The fourth-order valence-corrected chi connectivity index (χ4v) is 2.74. The van der Waals surface area contributed by atoms with E-state index < -0.39 is 0 Å². The van der Waals surface area contributed by atoms with Crippen LogP contribution >= 0.6 is 15.9 Å². The summed E-state index contributed by atoms with van der Waals surface area (Å²) in [4.78, 5) is 2.55. The Kier molecular flexibility index (Phi) is 4.68. The number of benzene rings is 1. The van der Waals surface area contributed by atoms with E-state index in [9.17, 15) is 0 Å². The van der Waals surface area contributed by atoms with Crippen LogP contribution < -0.4 is 10.2 Å². The van der Waals surface area contributed by atoms with Gasteiger partial charge in [0.25, 0.3) is 0 Å². The van der Waals surface area contributed by atoms with Crippen LogP contribution in [-0.2, 0) is 6.54 Å². The summed E-state index contributed by atoms with van der Waals surface area (Å²) >= 11 is 3.57. The Labute approximate surface area is 119 Å². The van der Waals surface area contributed by atoms with Crippen LogP contribution in [-0.4, -0.2) is 19.6 Å². The minimum absolute atomic E-state index is 0.558. The highest BCUT2D eigenvalue weighted by Crippen LogP contribution is 2.34. The molecule has 100 valence electrons. The van der Waals surface area contributed by atoms with Gasteiger partial charge in [0.15, 0.2) is 0 Å². The molecule has 1 N–H and O–H groups in total. The van der Waals surface area contributed by atoms with Gasteiger partial charge in [-0.2, -0.15) is 0 Å². The summed E-state index contributed by atoms with van der Waals surface area (Å²) in [5, 5.41) is 3.27. The van der Waals surface area contributed by atoms with E-state index in [-0.39, 0.29) is 0 Å². The van der Waals surface area contributed by atoms with Crippen molar-refractivity contribution in [1.29, 1.82) is 0 Å². The van der Waals surface area contributed by atoms with Gasteiger partial charge in [0, 0.05) is 29.3 Å². The second-order valence-electron chi connectivity index (χ2n) is 5.49. The molecule has 3 heteroatoms. The van der Waals surface area contributed by atoms with Crippen molar-refractivity contribution in [2.45, 2.75) is 39.3 Å². The maximum atomic E-state index is 3.57. The third-order valence-electron chi connectivity index (χ3n) is 3.49. The van der Waals surface area contributed by atoms with E-state index in [4.69, 9.17) is 0 Å².